The fraction of sp³-hybridized carbons (Fsp3) is 0.308. The molecule has 34 heavy (non-hydrogen) atoms. The Balaban J connectivity index is 1.39. The van der Waals surface area contributed by atoms with E-state index in [1.165, 1.54) is 6.07 Å². The van der Waals surface area contributed by atoms with E-state index in [1.54, 1.807) is 12.3 Å². The third-order valence-electron chi connectivity index (χ3n) is 5.95. The van der Waals surface area contributed by atoms with Gasteiger partial charge >= 0.3 is 0 Å². The smallest absolute Gasteiger partial charge is 0.208 e. The number of anilines is 1. The Morgan fingerprint density at radius 1 is 1.18 bits per heavy atom. The first kappa shape index (κ1) is 22.2. The van der Waals surface area contributed by atoms with Crippen LogP contribution in [0.4, 0.5) is 10.3 Å². The standard InChI is InChI=1S/C26H28FN5O2/c1-17-16-32-25(30-17)21(18-4-6-19(7-5-18)33-13-11-31(2)3)14-28-26(32)29-15-22-20-10-12-34-24(20)9-8-23(22)27/h4-9,14,16H,10-13,15H2,1-3H3,(H,28,29). The molecule has 1 N–H and O–H groups in total. The summed E-state index contributed by atoms with van der Waals surface area (Å²) < 4.78 is 27.9. The molecule has 176 valence electrons. The summed E-state index contributed by atoms with van der Waals surface area (Å²) in [5.41, 5.74) is 5.13. The molecule has 8 heteroatoms. The maximum Gasteiger partial charge on any atom is 0.208 e. The van der Waals surface area contributed by atoms with Crippen LogP contribution in [0.2, 0.25) is 0 Å². The molecule has 0 bridgehead atoms. The second-order valence-corrected chi connectivity index (χ2v) is 8.70. The minimum absolute atomic E-state index is 0.237. The molecule has 7 nitrogen and oxygen atoms in total. The number of benzene rings is 2. The number of nitrogens with zero attached hydrogens (tertiary/aromatic N) is 4. The van der Waals surface area contributed by atoms with Crippen molar-refractivity contribution >= 4 is 11.6 Å². The van der Waals surface area contributed by atoms with Crippen molar-refractivity contribution in [2.75, 3.05) is 39.2 Å². The van der Waals surface area contributed by atoms with Crippen molar-refractivity contribution in [3.05, 3.63) is 71.4 Å². The summed E-state index contributed by atoms with van der Waals surface area (Å²) in [6.07, 6.45) is 4.45. The SMILES string of the molecule is Cc1cn2c(NCc3c(F)ccc4c3CCO4)ncc(-c3ccc(OCCN(C)C)cc3)c2n1. The fourth-order valence-electron chi connectivity index (χ4n) is 4.18. The Morgan fingerprint density at radius 3 is 2.79 bits per heavy atom. The van der Waals surface area contributed by atoms with Gasteiger partial charge in [0.1, 0.15) is 29.6 Å². The summed E-state index contributed by atoms with van der Waals surface area (Å²) >= 11 is 0. The number of fused-ring (bicyclic) bond motifs is 2. The average molecular weight is 462 g/mol. The minimum atomic E-state index is -0.237. The number of hydrogen-bond acceptors (Lipinski definition) is 6. The Hall–Kier alpha value is -3.65. The lowest BCUT2D eigenvalue weighted by Crippen LogP contribution is -2.19. The molecular weight excluding hydrogens is 433 g/mol. The lowest BCUT2D eigenvalue weighted by Gasteiger charge is -2.13. The van der Waals surface area contributed by atoms with Gasteiger partial charge in [0, 0.05) is 48.6 Å². The molecule has 0 radical (unpaired) electrons. The highest BCUT2D eigenvalue weighted by Gasteiger charge is 2.20. The van der Waals surface area contributed by atoms with Crippen LogP contribution in [-0.4, -0.2) is 53.1 Å². The molecule has 0 atom stereocenters. The van der Waals surface area contributed by atoms with E-state index < -0.39 is 0 Å². The van der Waals surface area contributed by atoms with Crippen molar-refractivity contribution in [2.24, 2.45) is 0 Å². The molecule has 1 aliphatic heterocycles. The van der Waals surface area contributed by atoms with Gasteiger partial charge in [0.05, 0.1) is 12.3 Å². The zero-order valence-electron chi connectivity index (χ0n) is 19.6. The highest BCUT2D eigenvalue weighted by atomic mass is 19.1. The molecule has 0 aliphatic carbocycles. The number of hydrogen-bond donors (Lipinski definition) is 1. The maximum atomic E-state index is 14.6. The van der Waals surface area contributed by atoms with Crippen molar-refractivity contribution < 1.29 is 13.9 Å². The average Bonchev–Trinajstić information content (AvgIpc) is 3.45. The quantitative estimate of drug-likeness (QED) is 0.421. The number of ether oxygens (including phenoxy) is 2. The minimum Gasteiger partial charge on any atom is -0.493 e. The Morgan fingerprint density at radius 2 is 2.00 bits per heavy atom. The highest BCUT2D eigenvalue weighted by molar-refractivity contribution is 5.78. The van der Waals surface area contributed by atoms with Gasteiger partial charge in [0.2, 0.25) is 5.95 Å². The van der Waals surface area contributed by atoms with Gasteiger partial charge in [0.15, 0.2) is 0 Å². The van der Waals surface area contributed by atoms with Gasteiger partial charge in [-0.2, -0.15) is 0 Å². The second-order valence-electron chi connectivity index (χ2n) is 8.70. The third-order valence-corrected chi connectivity index (χ3v) is 5.95. The van der Waals surface area contributed by atoms with Crippen LogP contribution in [0.25, 0.3) is 16.8 Å². The summed E-state index contributed by atoms with van der Waals surface area (Å²) in [4.78, 5) is 11.5. The third kappa shape index (κ3) is 4.41. The van der Waals surface area contributed by atoms with E-state index in [9.17, 15) is 4.39 Å². The summed E-state index contributed by atoms with van der Waals surface area (Å²) in [6, 6.07) is 11.1. The number of aryl methyl sites for hydroxylation is 1. The molecule has 0 unspecified atom stereocenters. The van der Waals surface area contributed by atoms with Crippen LogP contribution in [0, 0.1) is 12.7 Å². The zero-order valence-corrected chi connectivity index (χ0v) is 19.6. The van der Waals surface area contributed by atoms with Crippen molar-refractivity contribution in [1.82, 2.24) is 19.3 Å². The van der Waals surface area contributed by atoms with Crippen LogP contribution in [0.5, 0.6) is 11.5 Å². The van der Waals surface area contributed by atoms with Gasteiger partial charge < -0.3 is 19.7 Å². The largest absolute Gasteiger partial charge is 0.493 e. The topological polar surface area (TPSA) is 63.9 Å². The predicted octanol–water partition coefficient (Wildman–Crippen LogP) is 4.33. The second kappa shape index (κ2) is 9.30. The summed E-state index contributed by atoms with van der Waals surface area (Å²) in [6.45, 7) is 4.34. The lowest BCUT2D eigenvalue weighted by molar-refractivity contribution is 0.261. The van der Waals surface area contributed by atoms with Crippen LogP contribution in [0.15, 0.2) is 48.8 Å². The van der Waals surface area contributed by atoms with Gasteiger partial charge in [0.25, 0.3) is 0 Å². The molecule has 5 rings (SSSR count). The van der Waals surface area contributed by atoms with E-state index in [1.807, 2.05) is 55.9 Å². The summed E-state index contributed by atoms with van der Waals surface area (Å²) in [5, 5.41) is 3.30. The Labute approximate surface area is 198 Å². The first-order valence-electron chi connectivity index (χ1n) is 11.4. The van der Waals surface area contributed by atoms with Gasteiger partial charge in [-0.25, -0.2) is 14.4 Å². The normalized spacial score (nSPS) is 12.7. The van der Waals surface area contributed by atoms with Crippen LogP contribution in [-0.2, 0) is 13.0 Å². The van der Waals surface area contributed by atoms with E-state index in [-0.39, 0.29) is 5.82 Å². The lowest BCUT2D eigenvalue weighted by atomic mass is 10.0. The Bertz CT molecular complexity index is 1320. The predicted molar refractivity (Wildman–Crippen MR) is 130 cm³/mol. The maximum absolute atomic E-state index is 14.6. The molecule has 0 saturated carbocycles. The van der Waals surface area contributed by atoms with Gasteiger partial charge in [-0.3, -0.25) is 4.40 Å². The van der Waals surface area contributed by atoms with Crippen LogP contribution in [0.3, 0.4) is 0 Å². The van der Waals surface area contributed by atoms with Gasteiger partial charge in [-0.05, 0) is 50.8 Å². The van der Waals surface area contributed by atoms with Crippen molar-refractivity contribution in [1.29, 1.82) is 0 Å². The van der Waals surface area contributed by atoms with Crippen LogP contribution < -0.4 is 14.8 Å². The van der Waals surface area contributed by atoms with Crippen LogP contribution >= 0.6 is 0 Å². The number of aromatic nitrogens is 3. The molecule has 0 spiro atoms. The fourth-order valence-corrected chi connectivity index (χ4v) is 4.18. The van der Waals surface area contributed by atoms with Crippen LogP contribution in [0.1, 0.15) is 16.8 Å². The van der Waals surface area contributed by atoms with Crippen molar-refractivity contribution in [2.45, 2.75) is 19.9 Å². The van der Waals surface area contributed by atoms with E-state index in [4.69, 9.17) is 14.5 Å². The molecule has 4 aromatic rings. The first-order valence-corrected chi connectivity index (χ1v) is 11.4. The molecule has 0 fully saturated rings. The molecule has 0 amide bonds. The molecule has 2 aromatic heterocycles. The molecule has 2 aromatic carbocycles. The first-order chi connectivity index (χ1) is 16.5. The van der Waals surface area contributed by atoms with E-state index in [0.29, 0.717) is 37.7 Å². The summed E-state index contributed by atoms with van der Waals surface area (Å²) in [5.74, 6) is 1.96. The number of imidazole rings is 1. The molecule has 1 aliphatic rings. The number of rotatable bonds is 8. The summed E-state index contributed by atoms with van der Waals surface area (Å²) in [7, 11) is 4.04. The number of nitrogens with one attached hydrogen (secondary N) is 1. The highest BCUT2D eigenvalue weighted by Crippen LogP contribution is 2.31. The molecule has 3 heterocycles. The zero-order chi connectivity index (χ0) is 23.7. The van der Waals surface area contributed by atoms with Gasteiger partial charge in [-0.15, -0.1) is 0 Å². The van der Waals surface area contributed by atoms with Gasteiger partial charge in [-0.1, -0.05) is 12.1 Å². The van der Waals surface area contributed by atoms with Crippen molar-refractivity contribution in [3.63, 3.8) is 0 Å². The van der Waals surface area contributed by atoms with E-state index >= 15 is 0 Å². The molecule has 0 saturated heterocycles. The van der Waals surface area contributed by atoms with Crippen molar-refractivity contribution in [3.8, 4) is 22.6 Å². The Kier molecular flexibility index (Phi) is 6.06. The molecular formula is C26H28FN5O2. The van der Waals surface area contributed by atoms with E-state index in [2.05, 4.69) is 15.2 Å². The number of halogens is 1. The number of likely N-dealkylation sites (N-methyl/N-ethyl adjacent to an activating group) is 1. The van der Waals surface area contributed by atoms with E-state index in [0.717, 1.165) is 46.1 Å². The monoisotopic (exact) mass is 461 g/mol.